The molecule has 0 bridgehead atoms. The number of nitriles is 1. The van der Waals surface area contributed by atoms with E-state index in [0.29, 0.717) is 11.4 Å². The van der Waals surface area contributed by atoms with Crippen molar-refractivity contribution in [1.82, 2.24) is 0 Å². The van der Waals surface area contributed by atoms with Crippen molar-refractivity contribution in [2.45, 2.75) is 5.88 Å². The Labute approximate surface area is 78.7 Å². The van der Waals surface area contributed by atoms with Crippen LogP contribution >= 0.6 is 27.5 Å². The van der Waals surface area contributed by atoms with Crippen molar-refractivity contribution >= 4 is 27.5 Å². The van der Waals surface area contributed by atoms with Crippen LogP contribution in [0.3, 0.4) is 0 Å². The summed E-state index contributed by atoms with van der Waals surface area (Å²) in [6.45, 7) is 0. The number of nitrogens with zero attached hydrogens (tertiary/aromatic N) is 1. The Morgan fingerprint density at radius 1 is 1.55 bits per heavy atom. The summed E-state index contributed by atoms with van der Waals surface area (Å²) in [5, 5.41) is 8.52. The van der Waals surface area contributed by atoms with E-state index >= 15 is 0 Å². The van der Waals surface area contributed by atoms with E-state index < -0.39 is 0 Å². The van der Waals surface area contributed by atoms with Gasteiger partial charge in [-0.2, -0.15) is 5.26 Å². The van der Waals surface area contributed by atoms with E-state index in [-0.39, 0.29) is 0 Å². The third-order valence-corrected chi connectivity index (χ3v) is 2.35. The van der Waals surface area contributed by atoms with Gasteiger partial charge < -0.3 is 0 Å². The molecule has 0 N–H and O–H groups in total. The first kappa shape index (κ1) is 8.58. The van der Waals surface area contributed by atoms with E-state index in [2.05, 4.69) is 15.9 Å². The molecule has 0 aliphatic carbocycles. The highest BCUT2D eigenvalue weighted by Gasteiger charge is 1.98. The van der Waals surface area contributed by atoms with E-state index in [0.717, 1.165) is 10.0 Å². The predicted octanol–water partition coefficient (Wildman–Crippen LogP) is 3.06. The van der Waals surface area contributed by atoms with Crippen LogP contribution in [0.5, 0.6) is 0 Å². The molecule has 0 aromatic heterocycles. The minimum absolute atomic E-state index is 0.465. The molecule has 0 saturated heterocycles. The number of hydrogen-bond acceptors (Lipinski definition) is 1. The molecule has 0 atom stereocenters. The quantitative estimate of drug-likeness (QED) is 0.680. The smallest absolute Gasteiger partial charge is 0.0992 e. The highest BCUT2D eigenvalue weighted by molar-refractivity contribution is 9.10. The van der Waals surface area contributed by atoms with Gasteiger partial charge in [-0.3, -0.25) is 0 Å². The maximum Gasteiger partial charge on any atom is 0.0992 e. The summed E-state index contributed by atoms with van der Waals surface area (Å²) in [6.07, 6.45) is 0. The van der Waals surface area contributed by atoms with E-state index in [4.69, 9.17) is 16.9 Å². The molecule has 11 heavy (non-hydrogen) atoms. The molecule has 1 aromatic carbocycles. The van der Waals surface area contributed by atoms with Gasteiger partial charge in [-0.25, -0.2) is 0 Å². The van der Waals surface area contributed by atoms with Gasteiger partial charge in [0, 0.05) is 10.4 Å². The van der Waals surface area contributed by atoms with Crippen LogP contribution in [-0.2, 0) is 5.88 Å². The Balaban J connectivity index is 3.12. The standard InChI is InChI=1S/C8H5BrClN/c9-8-3-6(5-11)1-2-7(8)4-10/h1-3H,4H2. The van der Waals surface area contributed by atoms with Crippen LogP contribution in [0.4, 0.5) is 0 Å². The monoisotopic (exact) mass is 229 g/mol. The van der Waals surface area contributed by atoms with Gasteiger partial charge in [0.15, 0.2) is 0 Å². The van der Waals surface area contributed by atoms with Crippen LogP contribution in [0, 0.1) is 11.3 Å². The summed E-state index contributed by atoms with van der Waals surface area (Å²) in [4.78, 5) is 0. The lowest BCUT2D eigenvalue weighted by atomic mass is 10.2. The summed E-state index contributed by atoms with van der Waals surface area (Å²) in [5.41, 5.74) is 1.65. The maximum absolute atomic E-state index is 8.52. The highest BCUT2D eigenvalue weighted by Crippen LogP contribution is 2.19. The van der Waals surface area contributed by atoms with Crippen LogP contribution in [-0.4, -0.2) is 0 Å². The number of hydrogen-bond donors (Lipinski definition) is 0. The first-order valence-corrected chi connectivity index (χ1v) is 4.35. The Bertz CT molecular complexity index is 303. The van der Waals surface area contributed by atoms with Crippen molar-refractivity contribution in [3.8, 4) is 6.07 Å². The Morgan fingerprint density at radius 2 is 2.27 bits per heavy atom. The normalized spacial score (nSPS) is 9.18. The first-order chi connectivity index (χ1) is 5.27. The van der Waals surface area contributed by atoms with Crippen molar-refractivity contribution in [3.63, 3.8) is 0 Å². The maximum atomic E-state index is 8.52. The number of rotatable bonds is 1. The molecule has 0 aliphatic heterocycles. The van der Waals surface area contributed by atoms with Crippen molar-refractivity contribution < 1.29 is 0 Å². The molecule has 0 unspecified atom stereocenters. The molecule has 1 rings (SSSR count). The Morgan fingerprint density at radius 3 is 2.73 bits per heavy atom. The molecular formula is C8H5BrClN. The molecule has 0 fully saturated rings. The molecule has 1 nitrogen and oxygen atoms in total. The van der Waals surface area contributed by atoms with Crippen molar-refractivity contribution in [2.75, 3.05) is 0 Å². The van der Waals surface area contributed by atoms with Gasteiger partial charge in [-0.1, -0.05) is 22.0 Å². The fraction of sp³-hybridized carbons (Fsp3) is 0.125. The average Bonchev–Trinajstić information content (AvgIpc) is 2.04. The van der Waals surface area contributed by atoms with E-state index in [9.17, 15) is 0 Å². The summed E-state index contributed by atoms with van der Waals surface area (Å²) < 4.78 is 0.895. The van der Waals surface area contributed by atoms with Crippen molar-refractivity contribution in [1.29, 1.82) is 5.26 Å². The van der Waals surface area contributed by atoms with Gasteiger partial charge in [-0.15, -0.1) is 11.6 Å². The van der Waals surface area contributed by atoms with Crippen LogP contribution in [0.1, 0.15) is 11.1 Å². The number of benzene rings is 1. The van der Waals surface area contributed by atoms with Crippen molar-refractivity contribution in [3.05, 3.63) is 33.8 Å². The Kier molecular flexibility index (Phi) is 2.92. The second kappa shape index (κ2) is 3.75. The predicted molar refractivity (Wildman–Crippen MR) is 48.4 cm³/mol. The second-order valence-electron chi connectivity index (χ2n) is 2.05. The minimum atomic E-state index is 0.465. The molecule has 0 spiro atoms. The zero-order chi connectivity index (χ0) is 8.27. The molecular weight excluding hydrogens is 225 g/mol. The number of alkyl halides is 1. The van der Waals surface area contributed by atoms with Gasteiger partial charge in [-0.05, 0) is 17.7 Å². The second-order valence-corrected chi connectivity index (χ2v) is 3.17. The zero-order valence-electron chi connectivity index (χ0n) is 5.64. The topological polar surface area (TPSA) is 23.8 Å². The van der Waals surface area contributed by atoms with Gasteiger partial charge in [0.25, 0.3) is 0 Å². The van der Waals surface area contributed by atoms with E-state index in [1.165, 1.54) is 0 Å². The molecule has 0 heterocycles. The molecule has 1 aromatic rings. The van der Waals surface area contributed by atoms with Crippen LogP contribution < -0.4 is 0 Å². The lowest BCUT2D eigenvalue weighted by molar-refractivity contribution is 1.35. The number of halogens is 2. The third-order valence-electron chi connectivity index (χ3n) is 1.33. The van der Waals surface area contributed by atoms with Crippen LogP contribution in [0.2, 0.25) is 0 Å². The third kappa shape index (κ3) is 1.95. The van der Waals surface area contributed by atoms with Gasteiger partial charge in [0.05, 0.1) is 11.6 Å². The van der Waals surface area contributed by atoms with Gasteiger partial charge in [0.2, 0.25) is 0 Å². The van der Waals surface area contributed by atoms with Crippen LogP contribution in [0.25, 0.3) is 0 Å². The SMILES string of the molecule is N#Cc1ccc(CCl)c(Br)c1. The van der Waals surface area contributed by atoms with Crippen LogP contribution in [0.15, 0.2) is 22.7 Å². The van der Waals surface area contributed by atoms with Gasteiger partial charge >= 0.3 is 0 Å². The Hall–Kier alpha value is -0.520. The van der Waals surface area contributed by atoms with E-state index in [1.807, 2.05) is 12.1 Å². The summed E-state index contributed by atoms with van der Waals surface area (Å²) in [6, 6.07) is 7.40. The molecule has 56 valence electrons. The average molecular weight is 230 g/mol. The minimum Gasteiger partial charge on any atom is -0.192 e. The zero-order valence-corrected chi connectivity index (χ0v) is 7.98. The summed E-state index contributed by atoms with van der Waals surface area (Å²) >= 11 is 8.93. The molecule has 0 radical (unpaired) electrons. The van der Waals surface area contributed by atoms with E-state index in [1.54, 1.807) is 12.1 Å². The summed E-state index contributed by atoms with van der Waals surface area (Å²) in [7, 11) is 0. The molecule has 3 heteroatoms. The van der Waals surface area contributed by atoms with Gasteiger partial charge in [0.1, 0.15) is 0 Å². The fourth-order valence-electron chi connectivity index (χ4n) is 0.725. The largest absolute Gasteiger partial charge is 0.192 e. The first-order valence-electron chi connectivity index (χ1n) is 3.02. The summed E-state index contributed by atoms with van der Waals surface area (Å²) in [5.74, 6) is 0.465. The fourth-order valence-corrected chi connectivity index (χ4v) is 1.64. The molecule has 0 saturated carbocycles. The lowest BCUT2D eigenvalue weighted by Crippen LogP contribution is -1.81. The highest BCUT2D eigenvalue weighted by atomic mass is 79.9. The van der Waals surface area contributed by atoms with Crippen molar-refractivity contribution in [2.24, 2.45) is 0 Å². The molecule has 0 aliphatic rings. The molecule has 0 amide bonds. The lowest BCUT2D eigenvalue weighted by Gasteiger charge is -1.98.